The number of benzene rings is 1. The molecule has 0 aliphatic carbocycles. The molecule has 3 rings (SSSR count). The maximum absolute atomic E-state index is 11.4. The van der Waals surface area contributed by atoms with Crippen molar-refractivity contribution in [3.8, 4) is 11.3 Å². The summed E-state index contributed by atoms with van der Waals surface area (Å²) in [6.07, 6.45) is 1.71. The fourth-order valence-corrected chi connectivity index (χ4v) is 2.01. The van der Waals surface area contributed by atoms with Crippen molar-refractivity contribution in [2.45, 2.75) is 5.88 Å². The zero-order valence-corrected chi connectivity index (χ0v) is 10.4. The Morgan fingerprint density at radius 2 is 2.33 bits per heavy atom. The Morgan fingerprint density at radius 1 is 1.50 bits per heavy atom. The van der Waals surface area contributed by atoms with E-state index in [-0.39, 0.29) is 5.76 Å². The van der Waals surface area contributed by atoms with Crippen LogP contribution in [-0.4, -0.2) is 14.5 Å². The molecule has 0 amide bonds. The lowest BCUT2D eigenvalue weighted by molar-refractivity contribution is 0.528. The van der Waals surface area contributed by atoms with Crippen LogP contribution in [0.4, 0.5) is 0 Å². The molecule has 0 aliphatic heterocycles. The summed E-state index contributed by atoms with van der Waals surface area (Å²) < 4.78 is 6.61. The van der Waals surface area contributed by atoms with Gasteiger partial charge in [-0.1, -0.05) is 6.07 Å². The highest BCUT2D eigenvalue weighted by atomic mass is 35.5. The van der Waals surface area contributed by atoms with Gasteiger partial charge in [-0.3, -0.25) is 4.57 Å². The Morgan fingerprint density at radius 3 is 3.06 bits per heavy atom. The first-order chi connectivity index (χ1) is 8.69. The first-order valence-corrected chi connectivity index (χ1v) is 5.92. The number of nitrogens with one attached hydrogen (secondary N) is 1. The number of halogens is 1. The van der Waals surface area contributed by atoms with Crippen LogP contribution in [0.1, 0.15) is 5.82 Å². The number of H-pyrrole nitrogens is 1. The summed E-state index contributed by atoms with van der Waals surface area (Å²) in [6.45, 7) is 0. The number of oxazole rings is 1. The Bertz CT molecular complexity index is 769. The third-order valence-corrected chi connectivity index (χ3v) is 3.11. The largest absolute Gasteiger partial charge is 0.419 e. The van der Waals surface area contributed by atoms with Gasteiger partial charge in [0.05, 0.1) is 23.3 Å². The maximum atomic E-state index is 11.4. The number of alkyl halides is 1. The van der Waals surface area contributed by atoms with E-state index in [1.54, 1.807) is 13.2 Å². The smallest absolute Gasteiger partial charge is 0.408 e. The number of fused-ring (bicyclic) bond motifs is 1. The van der Waals surface area contributed by atoms with E-state index in [0.717, 1.165) is 16.8 Å². The van der Waals surface area contributed by atoms with Crippen molar-refractivity contribution < 1.29 is 4.42 Å². The molecular weight excluding hydrogens is 254 g/mol. The highest BCUT2D eigenvalue weighted by Crippen LogP contribution is 2.22. The molecular formula is C12H10ClN3O2. The summed E-state index contributed by atoms with van der Waals surface area (Å²) in [5.74, 6) is 0.678. The van der Waals surface area contributed by atoms with Crippen molar-refractivity contribution in [2.75, 3.05) is 0 Å². The molecule has 0 atom stereocenters. The lowest BCUT2D eigenvalue weighted by atomic mass is 10.1. The summed E-state index contributed by atoms with van der Waals surface area (Å²) in [7, 11) is 1.68. The first kappa shape index (κ1) is 11.1. The van der Waals surface area contributed by atoms with E-state index >= 15 is 0 Å². The molecule has 0 spiro atoms. The molecule has 0 fully saturated rings. The van der Waals surface area contributed by atoms with Gasteiger partial charge in [0, 0.05) is 12.6 Å². The molecule has 0 saturated carbocycles. The zero-order valence-electron chi connectivity index (χ0n) is 9.61. The van der Waals surface area contributed by atoms with Gasteiger partial charge in [-0.25, -0.2) is 9.78 Å². The number of hydrogen-bond acceptors (Lipinski definition) is 3. The summed E-state index contributed by atoms with van der Waals surface area (Å²) >= 11 is 5.69. The molecule has 0 aliphatic rings. The second-order valence-electron chi connectivity index (χ2n) is 3.99. The molecule has 1 aromatic carbocycles. The lowest BCUT2D eigenvalue weighted by Crippen LogP contribution is -2.08. The highest BCUT2D eigenvalue weighted by Gasteiger charge is 2.08. The van der Waals surface area contributed by atoms with Crippen molar-refractivity contribution in [1.82, 2.24) is 14.5 Å². The van der Waals surface area contributed by atoms with E-state index in [2.05, 4.69) is 9.97 Å². The van der Waals surface area contributed by atoms with Crippen LogP contribution in [0.15, 0.2) is 33.6 Å². The van der Waals surface area contributed by atoms with E-state index < -0.39 is 0 Å². The van der Waals surface area contributed by atoms with Crippen LogP contribution >= 0.6 is 11.6 Å². The number of aryl methyl sites for hydroxylation is 1. The molecule has 1 N–H and O–H groups in total. The third-order valence-electron chi connectivity index (χ3n) is 2.86. The van der Waals surface area contributed by atoms with Gasteiger partial charge in [0.15, 0.2) is 5.58 Å². The predicted octanol–water partition coefficient (Wildman–Crippen LogP) is 2.26. The van der Waals surface area contributed by atoms with Crippen molar-refractivity contribution in [2.24, 2.45) is 7.05 Å². The van der Waals surface area contributed by atoms with E-state index in [9.17, 15) is 4.79 Å². The van der Waals surface area contributed by atoms with Gasteiger partial charge in [-0.15, -0.1) is 11.6 Å². The topological polar surface area (TPSA) is 63.8 Å². The molecule has 0 bridgehead atoms. The summed E-state index contributed by atoms with van der Waals surface area (Å²) in [5.41, 5.74) is 3.07. The van der Waals surface area contributed by atoms with Gasteiger partial charge in [-0.2, -0.15) is 0 Å². The number of hydrogen-bond donors (Lipinski definition) is 1. The molecule has 0 radical (unpaired) electrons. The number of imidazole rings is 1. The number of rotatable bonds is 2. The second kappa shape index (κ2) is 4.03. The van der Waals surface area contributed by atoms with Crippen LogP contribution in [0.5, 0.6) is 0 Å². The van der Waals surface area contributed by atoms with E-state index in [4.69, 9.17) is 16.0 Å². The van der Waals surface area contributed by atoms with Crippen molar-refractivity contribution in [3.63, 3.8) is 0 Å². The Balaban J connectivity index is 2.16. The standard InChI is InChI=1S/C12H10ClN3O2/c1-16-9-3-2-7(4-10(9)18-12(16)17)8-6-14-11(5-13)15-8/h2-4,6H,5H2,1H3,(H,14,15). The van der Waals surface area contributed by atoms with Gasteiger partial charge < -0.3 is 9.40 Å². The molecule has 3 aromatic rings. The van der Waals surface area contributed by atoms with E-state index in [1.165, 1.54) is 4.57 Å². The molecule has 0 unspecified atom stereocenters. The zero-order chi connectivity index (χ0) is 12.7. The minimum Gasteiger partial charge on any atom is -0.408 e. The minimum absolute atomic E-state index is 0.336. The van der Waals surface area contributed by atoms with Crippen LogP contribution in [0.2, 0.25) is 0 Å². The predicted molar refractivity (Wildman–Crippen MR) is 68.6 cm³/mol. The molecule has 92 valence electrons. The fourth-order valence-electron chi connectivity index (χ4n) is 1.88. The van der Waals surface area contributed by atoms with Crippen LogP contribution in [0, 0.1) is 0 Å². The number of nitrogens with zero attached hydrogens (tertiary/aromatic N) is 2. The molecule has 18 heavy (non-hydrogen) atoms. The summed E-state index contributed by atoms with van der Waals surface area (Å²) in [4.78, 5) is 18.6. The van der Waals surface area contributed by atoms with Crippen molar-refractivity contribution >= 4 is 22.7 Å². The van der Waals surface area contributed by atoms with Crippen molar-refractivity contribution in [3.05, 3.63) is 40.8 Å². The van der Waals surface area contributed by atoms with Crippen LogP contribution in [-0.2, 0) is 12.9 Å². The minimum atomic E-state index is -0.367. The van der Waals surface area contributed by atoms with Crippen LogP contribution in [0.3, 0.4) is 0 Å². The first-order valence-electron chi connectivity index (χ1n) is 5.39. The van der Waals surface area contributed by atoms with E-state index in [1.807, 2.05) is 18.2 Å². The number of aromatic amines is 1. The molecule has 6 heteroatoms. The third kappa shape index (κ3) is 1.64. The van der Waals surface area contributed by atoms with Gasteiger partial charge >= 0.3 is 5.76 Å². The van der Waals surface area contributed by atoms with Crippen LogP contribution in [0.25, 0.3) is 22.4 Å². The number of aromatic nitrogens is 3. The van der Waals surface area contributed by atoms with Crippen molar-refractivity contribution in [1.29, 1.82) is 0 Å². The molecule has 0 saturated heterocycles. The Kier molecular flexibility index (Phi) is 2.48. The molecule has 2 aromatic heterocycles. The quantitative estimate of drug-likeness (QED) is 0.722. The monoisotopic (exact) mass is 263 g/mol. The van der Waals surface area contributed by atoms with Crippen LogP contribution < -0.4 is 5.76 Å². The molecule has 5 nitrogen and oxygen atoms in total. The summed E-state index contributed by atoms with van der Waals surface area (Å²) in [5, 5.41) is 0. The highest BCUT2D eigenvalue weighted by molar-refractivity contribution is 6.16. The van der Waals surface area contributed by atoms with E-state index in [0.29, 0.717) is 17.3 Å². The SMILES string of the molecule is Cn1c(=O)oc2cc(-c3cnc(CCl)[nH]3)ccc21. The van der Waals surface area contributed by atoms with Gasteiger partial charge in [-0.05, 0) is 12.1 Å². The van der Waals surface area contributed by atoms with Gasteiger partial charge in [0.25, 0.3) is 0 Å². The normalized spacial score (nSPS) is 11.2. The fraction of sp³-hybridized carbons (Fsp3) is 0.167. The maximum Gasteiger partial charge on any atom is 0.419 e. The second-order valence-corrected chi connectivity index (χ2v) is 4.25. The molecule has 2 heterocycles. The average Bonchev–Trinajstić information content (AvgIpc) is 2.95. The lowest BCUT2D eigenvalue weighted by Gasteiger charge is -1.97. The Labute approximate surface area is 107 Å². The van der Waals surface area contributed by atoms with Gasteiger partial charge in [0.2, 0.25) is 0 Å². The average molecular weight is 264 g/mol. The Hall–Kier alpha value is -2.01. The van der Waals surface area contributed by atoms with Gasteiger partial charge in [0.1, 0.15) is 5.82 Å². The summed E-state index contributed by atoms with van der Waals surface area (Å²) in [6, 6.07) is 5.56.